The summed E-state index contributed by atoms with van der Waals surface area (Å²) in [5.74, 6) is -0.326. The number of carboxylic acids is 1. The minimum absolute atomic E-state index is 0.485. The highest BCUT2D eigenvalue weighted by Gasteiger charge is 2.20. The van der Waals surface area contributed by atoms with E-state index in [4.69, 9.17) is 0 Å². The third kappa shape index (κ3) is 3.64. The predicted molar refractivity (Wildman–Crippen MR) is 83.2 cm³/mol. The quantitative estimate of drug-likeness (QED) is 0.807. The van der Waals surface area contributed by atoms with Crippen molar-refractivity contribution in [2.75, 3.05) is 0 Å². The van der Waals surface area contributed by atoms with Gasteiger partial charge in [0.15, 0.2) is 0 Å². The van der Waals surface area contributed by atoms with Crippen molar-refractivity contribution in [1.82, 2.24) is 0 Å². The molecule has 0 unspecified atom stereocenters. The van der Waals surface area contributed by atoms with Crippen LogP contribution >= 0.6 is 11.8 Å². The SMILES string of the molecule is CC(C)c1ccc(S[C@@H](C(=O)O)c2ccccc2)cc1. The van der Waals surface area contributed by atoms with Crippen LogP contribution in [0.15, 0.2) is 59.5 Å². The van der Waals surface area contributed by atoms with Gasteiger partial charge in [0.1, 0.15) is 5.25 Å². The summed E-state index contributed by atoms with van der Waals surface area (Å²) in [5, 5.41) is 8.84. The monoisotopic (exact) mass is 286 g/mol. The Balaban J connectivity index is 2.19. The van der Waals surface area contributed by atoms with Crippen LogP contribution in [0.4, 0.5) is 0 Å². The Morgan fingerprint density at radius 1 is 0.950 bits per heavy atom. The van der Waals surface area contributed by atoms with E-state index in [-0.39, 0.29) is 0 Å². The first-order valence-electron chi connectivity index (χ1n) is 6.62. The molecule has 0 saturated carbocycles. The van der Waals surface area contributed by atoms with Gasteiger partial charge in [0.05, 0.1) is 0 Å². The van der Waals surface area contributed by atoms with Gasteiger partial charge in [-0.1, -0.05) is 56.3 Å². The largest absolute Gasteiger partial charge is 0.480 e. The third-order valence-electron chi connectivity index (χ3n) is 3.13. The molecule has 0 heterocycles. The van der Waals surface area contributed by atoms with E-state index in [9.17, 15) is 9.90 Å². The summed E-state index contributed by atoms with van der Waals surface area (Å²) in [7, 11) is 0. The van der Waals surface area contributed by atoms with E-state index in [1.54, 1.807) is 0 Å². The lowest BCUT2D eigenvalue weighted by Gasteiger charge is -2.13. The molecule has 0 bridgehead atoms. The molecule has 2 nitrogen and oxygen atoms in total. The van der Waals surface area contributed by atoms with Crippen LogP contribution in [0.2, 0.25) is 0 Å². The summed E-state index contributed by atoms with van der Waals surface area (Å²) in [6, 6.07) is 17.5. The van der Waals surface area contributed by atoms with Crippen molar-refractivity contribution in [1.29, 1.82) is 0 Å². The molecule has 1 N–H and O–H groups in total. The van der Waals surface area contributed by atoms with Gasteiger partial charge in [-0.15, -0.1) is 11.8 Å². The van der Waals surface area contributed by atoms with Crippen LogP contribution in [-0.2, 0) is 4.79 Å². The lowest BCUT2D eigenvalue weighted by molar-refractivity contribution is -0.136. The number of hydrogen-bond donors (Lipinski definition) is 1. The van der Waals surface area contributed by atoms with Crippen molar-refractivity contribution < 1.29 is 9.90 Å². The summed E-state index contributed by atoms with van der Waals surface area (Å²) in [6.07, 6.45) is 0. The predicted octanol–water partition coefficient (Wildman–Crippen LogP) is 4.73. The van der Waals surface area contributed by atoms with Crippen molar-refractivity contribution in [2.45, 2.75) is 29.9 Å². The molecule has 0 aromatic heterocycles. The zero-order valence-corrected chi connectivity index (χ0v) is 12.4. The maximum Gasteiger partial charge on any atom is 0.321 e. The second kappa shape index (κ2) is 6.62. The first kappa shape index (κ1) is 14.7. The van der Waals surface area contributed by atoms with Crippen LogP contribution in [0.25, 0.3) is 0 Å². The summed E-state index contributed by atoms with van der Waals surface area (Å²) in [5.41, 5.74) is 2.08. The van der Waals surface area contributed by atoms with Gasteiger partial charge in [-0.05, 0) is 29.2 Å². The van der Waals surface area contributed by atoms with E-state index in [1.165, 1.54) is 17.3 Å². The number of hydrogen-bond acceptors (Lipinski definition) is 2. The van der Waals surface area contributed by atoms with Gasteiger partial charge in [0.25, 0.3) is 0 Å². The minimum atomic E-state index is -0.811. The Kier molecular flexibility index (Phi) is 4.85. The number of benzene rings is 2. The molecular weight excluding hydrogens is 268 g/mol. The third-order valence-corrected chi connectivity index (χ3v) is 4.38. The normalized spacial score (nSPS) is 12.3. The summed E-state index contributed by atoms with van der Waals surface area (Å²) < 4.78 is 0. The van der Waals surface area contributed by atoms with Crippen molar-refractivity contribution in [3.63, 3.8) is 0 Å². The Morgan fingerprint density at radius 3 is 2.05 bits per heavy atom. The minimum Gasteiger partial charge on any atom is -0.480 e. The van der Waals surface area contributed by atoms with Crippen LogP contribution in [0.3, 0.4) is 0 Å². The molecular formula is C17H18O2S. The smallest absolute Gasteiger partial charge is 0.321 e. The Bertz CT molecular complexity index is 561. The molecule has 1 atom stereocenters. The van der Waals surface area contributed by atoms with Crippen molar-refractivity contribution in [3.8, 4) is 0 Å². The highest BCUT2D eigenvalue weighted by atomic mass is 32.2. The molecule has 0 aliphatic heterocycles. The first-order valence-corrected chi connectivity index (χ1v) is 7.50. The molecule has 0 spiro atoms. The van der Waals surface area contributed by atoms with Gasteiger partial charge in [-0.2, -0.15) is 0 Å². The Hall–Kier alpha value is -1.74. The fourth-order valence-corrected chi connectivity index (χ4v) is 2.92. The first-order chi connectivity index (χ1) is 9.58. The highest BCUT2D eigenvalue weighted by Crippen LogP contribution is 2.35. The molecule has 2 aromatic rings. The second-order valence-corrected chi connectivity index (χ2v) is 6.15. The topological polar surface area (TPSA) is 37.3 Å². The maximum atomic E-state index is 11.5. The number of thioether (sulfide) groups is 1. The lowest BCUT2D eigenvalue weighted by atomic mass is 10.0. The molecule has 3 heteroatoms. The molecule has 0 aliphatic carbocycles. The lowest BCUT2D eigenvalue weighted by Crippen LogP contribution is -2.07. The fraction of sp³-hybridized carbons (Fsp3) is 0.235. The molecule has 0 aliphatic rings. The molecule has 2 rings (SSSR count). The molecule has 104 valence electrons. The molecule has 0 fully saturated rings. The molecule has 20 heavy (non-hydrogen) atoms. The summed E-state index contributed by atoms with van der Waals surface area (Å²) in [6.45, 7) is 4.29. The van der Waals surface area contributed by atoms with Gasteiger partial charge in [-0.3, -0.25) is 4.79 Å². The van der Waals surface area contributed by atoms with Gasteiger partial charge < -0.3 is 5.11 Å². The van der Waals surface area contributed by atoms with Gasteiger partial charge in [-0.25, -0.2) is 0 Å². The Labute approximate surface area is 123 Å². The van der Waals surface area contributed by atoms with Crippen LogP contribution in [0.1, 0.15) is 36.1 Å². The van der Waals surface area contributed by atoms with E-state index < -0.39 is 11.2 Å². The van der Waals surface area contributed by atoms with E-state index in [0.717, 1.165) is 10.5 Å². The van der Waals surface area contributed by atoms with Crippen LogP contribution in [0, 0.1) is 0 Å². The fourth-order valence-electron chi connectivity index (χ4n) is 1.96. The van der Waals surface area contributed by atoms with E-state index in [1.807, 2.05) is 42.5 Å². The highest BCUT2D eigenvalue weighted by molar-refractivity contribution is 8.00. The number of carbonyl (C=O) groups is 1. The number of carboxylic acid groups (broad SMARTS) is 1. The van der Waals surface area contributed by atoms with E-state index in [0.29, 0.717) is 5.92 Å². The van der Waals surface area contributed by atoms with Crippen LogP contribution in [-0.4, -0.2) is 11.1 Å². The molecule has 0 radical (unpaired) electrons. The average molecular weight is 286 g/mol. The van der Waals surface area contributed by atoms with Gasteiger partial charge in [0.2, 0.25) is 0 Å². The maximum absolute atomic E-state index is 11.5. The van der Waals surface area contributed by atoms with Crippen LogP contribution in [0.5, 0.6) is 0 Å². The molecule has 0 saturated heterocycles. The number of rotatable bonds is 5. The van der Waals surface area contributed by atoms with Crippen LogP contribution < -0.4 is 0 Å². The van der Waals surface area contributed by atoms with Gasteiger partial charge >= 0.3 is 5.97 Å². The van der Waals surface area contributed by atoms with Crippen molar-refractivity contribution in [3.05, 3.63) is 65.7 Å². The van der Waals surface area contributed by atoms with E-state index in [2.05, 4.69) is 26.0 Å². The van der Waals surface area contributed by atoms with Crippen molar-refractivity contribution in [2.24, 2.45) is 0 Å². The second-order valence-electron chi connectivity index (χ2n) is 4.97. The van der Waals surface area contributed by atoms with Crippen molar-refractivity contribution >= 4 is 17.7 Å². The molecule has 2 aromatic carbocycles. The zero-order valence-electron chi connectivity index (χ0n) is 11.6. The van der Waals surface area contributed by atoms with Gasteiger partial charge in [0, 0.05) is 4.90 Å². The number of aliphatic carboxylic acids is 1. The Morgan fingerprint density at radius 2 is 1.55 bits per heavy atom. The zero-order chi connectivity index (χ0) is 14.5. The summed E-state index contributed by atoms with van der Waals surface area (Å²) >= 11 is 1.37. The average Bonchev–Trinajstić information content (AvgIpc) is 2.46. The van der Waals surface area contributed by atoms with E-state index >= 15 is 0 Å². The molecule has 0 amide bonds. The standard InChI is InChI=1S/C17H18O2S/c1-12(2)13-8-10-15(11-9-13)20-16(17(18)19)14-6-4-3-5-7-14/h3-12,16H,1-2H3,(H,18,19)/t16-/m1/s1. The summed E-state index contributed by atoms with van der Waals surface area (Å²) in [4.78, 5) is 12.4.